The molecule has 24 heavy (non-hydrogen) atoms. The Hall–Kier alpha value is -2.38. The summed E-state index contributed by atoms with van der Waals surface area (Å²) in [4.78, 5) is 24.5. The van der Waals surface area contributed by atoms with Crippen LogP contribution < -0.4 is 10.6 Å². The lowest BCUT2D eigenvalue weighted by molar-refractivity contribution is -0.117. The van der Waals surface area contributed by atoms with E-state index in [1.54, 1.807) is 12.1 Å². The van der Waals surface area contributed by atoms with E-state index >= 15 is 0 Å². The molecule has 7 heteroatoms. The Bertz CT molecular complexity index is 725. The second-order valence-corrected chi connectivity index (χ2v) is 5.64. The maximum Gasteiger partial charge on any atom is 0.291 e. The van der Waals surface area contributed by atoms with Gasteiger partial charge in [0.25, 0.3) is 11.8 Å². The standard InChI is InChI=1S/C17H17BrN2O4/c18-15-8-7-14(24-15)17(23)20-13(16(22)19-9-4-10-21)11-12-5-2-1-3-6-12/h1-3,5-8,11,21H,4,9-10H2,(H,19,22)(H,20,23)/b13-11-. The van der Waals surface area contributed by atoms with E-state index in [0.29, 0.717) is 17.6 Å². The van der Waals surface area contributed by atoms with E-state index < -0.39 is 11.8 Å². The first-order valence-electron chi connectivity index (χ1n) is 7.32. The Morgan fingerprint density at radius 2 is 1.92 bits per heavy atom. The molecule has 0 aliphatic carbocycles. The summed E-state index contributed by atoms with van der Waals surface area (Å²) < 4.78 is 5.61. The molecule has 126 valence electrons. The van der Waals surface area contributed by atoms with Crippen molar-refractivity contribution in [2.24, 2.45) is 0 Å². The molecule has 0 unspecified atom stereocenters. The van der Waals surface area contributed by atoms with Crippen LogP contribution in [0, 0.1) is 0 Å². The number of halogens is 1. The molecule has 0 fully saturated rings. The van der Waals surface area contributed by atoms with Gasteiger partial charge in [-0.1, -0.05) is 30.3 Å². The van der Waals surface area contributed by atoms with Crippen LogP contribution in [0.2, 0.25) is 0 Å². The number of hydrogen-bond donors (Lipinski definition) is 3. The van der Waals surface area contributed by atoms with Crippen molar-refractivity contribution < 1.29 is 19.1 Å². The third-order valence-electron chi connectivity index (χ3n) is 3.02. The molecule has 0 aliphatic rings. The van der Waals surface area contributed by atoms with Crippen molar-refractivity contribution in [2.45, 2.75) is 6.42 Å². The van der Waals surface area contributed by atoms with E-state index in [0.717, 1.165) is 5.56 Å². The van der Waals surface area contributed by atoms with E-state index in [2.05, 4.69) is 26.6 Å². The van der Waals surface area contributed by atoms with Crippen molar-refractivity contribution in [1.82, 2.24) is 10.6 Å². The van der Waals surface area contributed by atoms with Crippen LogP contribution in [0.4, 0.5) is 0 Å². The molecule has 3 N–H and O–H groups in total. The van der Waals surface area contributed by atoms with Gasteiger partial charge in [0.15, 0.2) is 10.4 Å². The highest BCUT2D eigenvalue weighted by molar-refractivity contribution is 9.10. The molecule has 0 atom stereocenters. The predicted octanol–water partition coefficient (Wildman–Crippen LogP) is 2.31. The van der Waals surface area contributed by atoms with E-state index in [1.807, 2.05) is 30.3 Å². The average molecular weight is 393 g/mol. The van der Waals surface area contributed by atoms with Crippen molar-refractivity contribution in [3.8, 4) is 0 Å². The number of rotatable bonds is 7. The molecule has 2 amide bonds. The molecule has 1 aromatic heterocycles. The first kappa shape index (κ1) is 18.0. The maximum atomic E-state index is 12.3. The van der Waals surface area contributed by atoms with Crippen molar-refractivity contribution >= 4 is 33.8 Å². The SMILES string of the molecule is O=C(NCCCO)/C(=C/c1ccccc1)NC(=O)c1ccc(Br)o1. The first-order chi connectivity index (χ1) is 11.6. The molecule has 1 heterocycles. The summed E-state index contributed by atoms with van der Waals surface area (Å²) in [5.74, 6) is -0.879. The number of carbonyl (C=O) groups excluding carboxylic acids is 2. The van der Waals surface area contributed by atoms with Crippen LogP contribution in [0.25, 0.3) is 6.08 Å². The van der Waals surface area contributed by atoms with Gasteiger partial charge >= 0.3 is 0 Å². The zero-order valence-electron chi connectivity index (χ0n) is 12.8. The molecule has 2 rings (SSSR count). The largest absolute Gasteiger partial charge is 0.444 e. The van der Waals surface area contributed by atoms with Gasteiger partial charge in [0.05, 0.1) is 0 Å². The molecule has 0 aliphatic heterocycles. The molecular weight excluding hydrogens is 376 g/mol. The van der Waals surface area contributed by atoms with Crippen LogP contribution in [0.3, 0.4) is 0 Å². The summed E-state index contributed by atoms with van der Waals surface area (Å²) in [6, 6.07) is 12.3. The minimum atomic E-state index is -0.528. The molecule has 2 aromatic rings. The summed E-state index contributed by atoms with van der Waals surface area (Å²) in [6.07, 6.45) is 2.01. The summed E-state index contributed by atoms with van der Waals surface area (Å²) in [7, 11) is 0. The topological polar surface area (TPSA) is 91.6 Å². The molecule has 0 spiro atoms. The van der Waals surface area contributed by atoms with Gasteiger partial charge in [-0.05, 0) is 46.1 Å². The van der Waals surface area contributed by atoms with Gasteiger partial charge in [-0.2, -0.15) is 0 Å². The van der Waals surface area contributed by atoms with Gasteiger partial charge in [0.2, 0.25) is 0 Å². The molecule has 0 saturated heterocycles. The number of hydrogen-bond acceptors (Lipinski definition) is 4. The molecule has 0 saturated carbocycles. The Kier molecular flexibility index (Phi) is 6.77. The van der Waals surface area contributed by atoms with Crippen LogP contribution >= 0.6 is 15.9 Å². The van der Waals surface area contributed by atoms with Gasteiger partial charge < -0.3 is 20.2 Å². The fourth-order valence-electron chi connectivity index (χ4n) is 1.87. The number of benzene rings is 1. The zero-order chi connectivity index (χ0) is 17.4. The molecular formula is C17H17BrN2O4. The van der Waals surface area contributed by atoms with Gasteiger partial charge in [0.1, 0.15) is 5.70 Å². The smallest absolute Gasteiger partial charge is 0.291 e. The molecule has 6 nitrogen and oxygen atoms in total. The lowest BCUT2D eigenvalue weighted by Gasteiger charge is -2.10. The Morgan fingerprint density at radius 1 is 1.17 bits per heavy atom. The highest BCUT2D eigenvalue weighted by Gasteiger charge is 2.16. The predicted molar refractivity (Wildman–Crippen MR) is 93.0 cm³/mol. The third kappa shape index (κ3) is 5.36. The normalized spacial score (nSPS) is 11.2. The number of nitrogens with one attached hydrogen (secondary N) is 2. The lowest BCUT2D eigenvalue weighted by Crippen LogP contribution is -2.35. The highest BCUT2D eigenvalue weighted by atomic mass is 79.9. The Morgan fingerprint density at radius 3 is 2.54 bits per heavy atom. The number of carbonyl (C=O) groups is 2. The van der Waals surface area contributed by atoms with Gasteiger partial charge in [-0.3, -0.25) is 9.59 Å². The Balaban J connectivity index is 2.17. The molecule has 1 aromatic carbocycles. The van der Waals surface area contributed by atoms with Gasteiger partial charge in [-0.15, -0.1) is 0 Å². The van der Waals surface area contributed by atoms with E-state index in [9.17, 15) is 9.59 Å². The van der Waals surface area contributed by atoms with E-state index in [1.165, 1.54) is 6.07 Å². The van der Waals surface area contributed by atoms with Crippen LogP contribution in [-0.4, -0.2) is 30.1 Å². The van der Waals surface area contributed by atoms with Crippen LogP contribution in [0.1, 0.15) is 22.5 Å². The molecule has 0 radical (unpaired) electrons. The van der Waals surface area contributed by atoms with Crippen molar-refractivity contribution in [3.63, 3.8) is 0 Å². The summed E-state index contributed by atoms with van der Waals surface area (Å²) in [5.41, 5.74) is 0.863. The maximum absolute atomic E-state index is 12.3. The van der Waals surface area contributed by atoms with Crippen LogP contribution in [-0.2, 0) is 4.79 Å². The number of aliphatic hydroxyl groups excluding tert-OH is 1. The minimum absolute atomic E-state index is 0.0230. The van der Waals surface area contributed by atoms with Crippen molar-refractivity contribution in [2.75, 3.05) is 13.2 Å². The average Bonchev–Trinajstić information content (AvgIpc) is 3.02. The second-order valence-electron chi connectivity index (χ2n) is 4.86. The van der Waals surface area contributed by atoms with Crippen molar-refractivity contribution in [3.05, 3.63) is 64.2 Å². The third-order valence-corrected chi connectivity index (χ3v) is 3.45. The number of amides is 2. The number of aliphatic hydroxyl groups is 1. The van der Waals surface area contributed by atoms with E-state index in [-0.39, 0.29) is 18.1 Å². The zero-order valence-corrected chi connectivity index (χ0v) is 14.4. The van der Waals surface area contributed by atoms with Gasteiger partial charge in [0, 0.05) is 13.2 Å². The molecule has 0 bridgehead atoms. The second kappa shape index (κ2) is 9.05. The lowest BCUT2D eigenvalue weighted by atomic mass is 10.2. The quantitative estimate of drug-likeness (QED) is 0.497. The fourth-order valence-corrected chi connectivity index (χ4v) is 2.18. The fraction of sp³-hybridized carbons (Fsp3) is 0.176. The Labute approximate surface area is 147 Å². The minimum Gasteiger partial charge on any atom is -0.444 e. The van der Waals surface area contributed by atoms with Crippen molar-refractivity contribution in [1.29, 1.82) is 0 Å². The number of furan rings is 1. The van der Waals surface area contributed by atoms with E-state index in [4.69, 9.17) is 9.52 Å². The van der Waals surface area contributed by atoms with Crippen LogP contribution in [0.5, 0.6) is 0 Å². The first-order valence-corrected chi connectivity index (χ1v) is 8.12. The van der Waals surface area contributed by atoms with Gasteiger partial charge in [-0.25, -0.2) is 0 Å². The summed E-state index contributed by atoms with van der Waals surface area (Å²) in [5, 5.41) is 14.0. The summed E-state index contributed by atoms with van der Waals surface area (Å²) in [6.45, 7) is 0.286. The highest BCUT2D eigenvalue weighted by Crippen LogP contribution is 2.14. The summed E-state index contributed by atoms with van der Waals surface area (Å²) >= 11 is 3.13. The van der Waals surface area contributed by atoms with Crippen LogP contribution in [0.15, 0.2) is 57.2 Å². The monoisotopic (exact) mass is 392 g/mol.